The summed E-state index contributed by atoms with van der Waals surface area (Å²) in [5.41, 5.74) is -2.80. The highest BCUT2D eigenvalue weighted by molar-refractivity contribution is 7.22. The Morgan fingerprint density at radius 3 is 3.11 bits per heavy atom. The van der Waals surface area contributed by atoms with E-state index in [0.29, 0.717) is 11.3 Å². The van der Waals surface area contributed by atoms with Crippen molar-refractivity contribution < 1.29 is 26.4 Å². The van der Waals surface area contributed by atoms with Crippen LogP contribution in [0.3, 0.4) is 0 Å². The third kappa shape index (κ3) is 4.31. The number of halogens is 1. The molecule has 0 bridgehead atoms. The molecule has 0 radical (unpaired) electrons. The second-order valence-electron chi connectivity index (χ2n) is 5.78. The van der Waals surface area contributed by atoms with Crippen molar-refractivity contribution in [3.63, 3.8) is 0 Å². The van der Waals surface area contributed by atoms with E-state index in [9.17, 15) is 9.59 Å². The zero-order chi connectivity index (χ0) is 30.6. The number of amides is 1. The number of thiophene rings is 1. The second-order valence-corrected chi connectivity index (χ2v) is 7.45. The van der Waals surface area contributed by atoms with Crippen molar-refractivity contribution in [3.05, 3.63) is 26.3 Å². The van der Waals surface area contributed by atoms with Gasteiger partial charge in [-0.05, 0) is 58.6 Å². The standard InChI is InChI=1S/C19H26ClN3O3S/c1-12(2)23-18(26)15(16(24)13-11-14(20)27-19(13)23)17(25)21-7-6-10-22-8-4-3-5-9-22/h11-12,24H,3-10H2,1-2H3,(H,21,25)/i1D3,2D3,3D2,7D,10D,12D/hD2. The van der Waals surface area contributed by atoms with Crippen molar-refractivity contribution in [1.29, 1.82) is 1.43 Å². The van der Waals surface area contributed by atoms with Crippen LogP contribution in [0, 0.1) is 0 Å². The Bertz CT molecular complexity index is 1300. The number of nitrogens with zero attached hydrogens (tertiary/aromatic N) is 2. The maximum atomic E-state index is 13.7. The first-order valence-electron chi connectivity index (χ1n) is 14.6. The van der Waals surface area contributed by atoms with E-state index in [2.05, 4.69) is 5.11 Å². The van der Waals surface area contributed by atoms with Gasteiger partial charge in [-0.3, -0.25) is 14.2 Å². The molecule has 1 aliphatic rings. The fourth-order valence-electron chi connectivity index (χ4n) is 2.77. The summed E-state index contributed by atoms with van der Waals surface area (Å²) in [4.78, 5) is 28.2. The van der Waals surface area contributed by atoms with Gasteiger partial charge in [0, 0.05) is 26.2 Å². The number of likely N-dealkylation sites (tertiary alicyclic amines) is 1. The van der Waals surface area contributed by atoms with Gasteiger partial charge in [0.25, 0.3) is 12.9 Å². The zero-order valence-electron chi connectivity index (χ0n) is 27.1. The Kier molecular flexibility index (Phi) is 2.97. The van der Waals surface area contributed by atoms with Crippen molar-refractivity contribution in [2.45, 2.75) is 45.4 Å². The average molecular weight is 425 g/mol. The number of piperidine rings is 1. The normalized spacial score (nSPS) is 28.0. The fraction of sp³-hybridized carbons (Fsp3) is 0.579. The summed E-state index contributed by atoms with van der Waals surface area (Å²) >= 11 is 6.56. The van der Waals surface area contributed by atoms with Crippen LogP contribution in [0.5, 0.6) is 5.75 Å². The highest BCUT2D eigenvalue weighted by Gasteiger charge is 2.24. The van der Waals surface area contributed by atoms with E-state index in [1.807, 2.05) is 0 Å². The Balaban J connectivity index is 2.11. The molecule has 2 N–H and O–H groups in total. The van der Waals surface area contributed by atoms with Crippen LogP contribution in [0.1, 0.15) is 70.8 Å². The summed E-state index contributed by atoms with van der Waals surface area (Å²) in [7, 11) is 0. The Morgan fingerprint density at radius 2 is 2.41 bits per heavy atom. The number of pyridine rings is 1. The summed E-state index contributed by atoms with van der Waals surface area (Å²) in [6.07, 6.45) is -1.49. The van der Waals surface area contributed by atoms with Crippen molar-refractivity contribution in [3.8, 4) is 5.75 Å². The van der Waals surface area contributed by atoms with Gasteiger partial charge in [-0.15, -0.1) is 11.3 Å². The van der Waals surface area contributed by atoms with Crippen LogP contribution in [-0.2, 0) is 0 Å². The van der Waals surface area contributed by atoms with Gasteiger partial charge in [-0.25, -0.2) is 0 Å². The highest BCUT2D eigenvalue weighted by Crippen LogP contribution is 2.36. The molecule has 8 heteroatoms. The molecule has 1 fully saturated rings. The summed E-state index contributed by atoms with van der Waals surface area (Å²) < 4.78 is 103. The maximum absolute atomic E-state index is 13.7. The van der Waals surface area contributed by atoms with E-state index < -0.39 is 73.2 Å². The predicted octanol–water partition coefficient (Wildman–Crippen LogP) is 3.61. The molecule has 3 rings (SSSR count). The minimum Gasteiger partial charge on any atom is -0.506 e. The molecule has 0 spiro atoms. The Hall–Kier alpha value is -1.57. The van der Waals surface area contributed by atoms with Crippen LogP contribution in [0.15, 0.2) is 10.9 Å². The third-order valence-electron chi connectivity index (χ3n) is 4.04. The lowest BCUT2D eigenvalue weighted by atomic mass is 10.1. The van der Waals surface area contributed by atoms with Crippen molar-refractivity contribution in [2.24, 2.45) is 0 Å². The van der Waals surface area contributed by atoms with Crippen molar-refractivity contribution in [1.82, 2.24) is 14.8 Å². The van der Waals surface area contributed by atoms with Gasteiger partial charge >= 0.3 is 0 Å². The summed E-state index contributed by atoms with van der Waals surface area (Å²) in [6, 6.07) is -2.54. The molecule has 6 nitrogen and oxygen atoms in total. The van der Waals surface area contributed by atoms with Gasteiger partial charge in [0.05, 0.1) is 11.1 Å². The minimum absolute atomic E-state index is 0.0183. The number of aromatic nitrogens is 1. The largest absolute Gasteiger partial charge is 0.506 e. The lowest BCUT2D eigenvalue weighted by Crippen LogP contribution is -2.36. The number of aromatic hydroxyl groups is 1. The summed E-state index contributed by atoms with van der Waals surface area (Å²) in [5, 5.41) is 4.20. The molecule has 3 heterocycles. The second kappa shape index (κ2) is 8.63. The Labute approximate surface area is 186 Å². The first-order chi connectivity index (χ1) is 18.2. The van der Waals surface area contributed by atoms with E-state index in [1.54, 1.807) is 4.90 Å². The topological polar surface area (TPSA) is 74.6 Å². The minimum atomic E-state index is -3.64. The van der Waals surface area contributed by atoms with E-state index >= 15 is 0 Å². The maximum Gasteiger partial charge on any atom is 0.293 e. The number of rotatable bonds is 7. The van der Waals surface area contributed by atoms with Crippen LogP contribution in [0.4, 0.5) is 0 Å². The molecule has 2 aromatic heterocycles. The van der Waals surface area contributed by atoms with Crippen molar-refractivity contribution >= 4 is 39.1 Å². The lowest BCUT2D eigenvalue weighted by Gasteiger charge is -2.26. The number of fused-ring (bicyclic) bond motifs is 1. The van der Waals surface area contributed by atoms with Gasteiger partial charge < -0.3 is 15.3 Å². The molecule has 1 saturated heterocycles. The molecule has 0 aromatic carbocycles. The molecule has 1 amide bonds. The first-order valence-corrected chi connectivity index (χ1v) is 9.30. The van der Waals surface area contributed by atoms with Crippen LogP contribution in [0.25, 0.3) is 10.2 Å². The van der Waals surface area contributed by atoms with E-state index in [-0.39, 0.29) is 45.5 Å². The van der Waals surface area contributed by atoms with Gasteiger partial charge in [0.1, 0.15) is 16.1 Å². The number of carbonyl (C=O) groups is 1. The third-order valence-corrected chi connectivity index (χ3v) is 5.29. The number of hydrogen-bond donors (Lipinski definition) is 2. The Morgan fingerprint density at radius 1 is 1.63 bits per heavy atom. The highest BCUT2D eigenvalue weighted by atomic mass is 35.5. The molecular weight excluding hydrogens is 386 g/mol. The summed E-state index contributed by atoms with van der Waals surface area (Å²) in [6.45, 7) is -9.72. The zero-order valence-corrected chi connectivity index (χ0v) is 15.7. The molecule has 2 atom stereocenters. The molecule has 2 unspecified atom stereocenters. The smallest absolute Gasteiger partial charge is 0.293 e. The van der Waals surface area contributed by atoms with Crippen LogP contribution in [-0.4, -0.2) is 48.0 Å². The molecule has 1 aliphatic heterocycles. The quantitative estimate of drug-likeness (QED) is 0.711. The SMILES string of the molecule is [2H]Oc1c(C(=O)N([2H])C([2H])CC([2H])N2CCC([2H])([2H])CC2)c(=O)n(C([2H])(C([2H])([2H])[2H])C([2H])([2H])[2H])c2sc(Cl)cc12. The fourth-order valence-corrected chi connectivity index (χ4v) is 3.99. The lowest BCUT2D eigenvalue weighted by molar-refractivity contribution is 0.0946. The van der Waals surface area contributed by atoms with Gasteiger partial charge in [-0.1, -0.05) is 18.0 Å². The average Bonchev–Trinajstić information content (AvgIpc) is 3.20. The number of hydrogen-bond acceptors (Lipinski definition) is 5. The van der Waals surface area contributed by atoms with Crippen LogP contribution >= 0.6 is 22.9 Å². The molecular formula is C19H26ClN3O3S. The van der Waals surface area contributed by atoms with E-state index in [1.165, 1.54) is 0 Å². The number of carbonyl (C=O) groups excluding carboxylic acids is 1. The van der Waals surface area contributed by atoms with E-state index in [0.717, 1.165) is 6.07 Å². The number of nitrogens with one attached hydrogen (secondary N) is 1. The predicted molar refractivity (Wildman–Crippen MR) is 110 cm³/mol. The van der Waals surface area contributed by atoms with E-state index in [4.69, 9.17) is 29.5 Å². The van der Waals surface area contributed by atoms with Gasteiger partial charge in [0.2, 0.25) is 0 Å². The first kappa shape index (κ1) is 9.29. The molecule has 2 aromatic rings. The molecule has 0 aliphatic carbocycles. The van der Waals surface area contributed by atoms with Crippen LogP contribution in [0.2, 0.25) is 5.75 Å². The monoisotopic (exact) mass is 424 g/mol. The summed E-state index contributed by atoms with van der Waals surface area (Å²) in [5.74, 6) is -2.32. The molecule has 0 saturated carbocycles. The van der Waals surface area contributed by atoms with Gasteiger partial charge in [-0.2, -0.15) is 0 Å². The van der Waals surface area contributed by atoms with Crippen LogP contribution < -0.4 is 10.9 Å². The molecule has 148 valence electrons. The van der Waals surface area contributed by atoms with Gasteiger partial charge in [0.15, 0.2) is 1.41 Å². The molecule has 27 heavy (non-hydrogen) atoms. The van der Waals surface area contributed by atoms with Crippen molar-refractivity contribution in [2.75, 3.05) is 26.1 Å².